The second kappa shape index (κ2) is 8.42. The lowest BCUT2D eigenvalue weighted by molar-refractivity contribution is -0.166. The van der Waals surface area contributed by atoms with Crippen LogP contribution in [0.3, 0.4) is 0 Å². The fourth-order valence-electron chi connectivity index (χ4n) is 5.90. The molecule has 0 unspecified atom stereocenters. The Morgan fingerprint density at radius 1 is 1.17 bits per heavy atom. The van der Waals surface area contributed by atoms with Crippen LogP contribution < -0.4 is 4.90 Å². The number of amides is 1. The molecule has 0 N–H and O–H groups in total. The number of halogens is 5. The minimum Gasteiger partial charge on any atom is -0.338 e. The van der Waals surface area contributed by atoms with Crippen molar-refractivity contribution in [3.05, 3.63) is 52.6 Å². The molecule has 1 heterocycles. The third kappa shape index (κ3) is 4.11. The lowest BCUT2D eigenvalue weighted by atomic mass is 9.81. The van der Waals surface area contributed by atoms with Crippen molar-refractivity contribution in [3.8, 4) is 0 Å². The lowest BCUT2D eigenvalue weighted by Crippen LogP contribution is -2.40. The molecule has 2 bridgehead atoms. The van der Waals surface area contributed by atoms with Gasteiger partial charge in [-0.2, -0.15) is 18.2 Å². The Kier molecular flexibility index (Phi) is 5.89. The first-order chi connectivity index (χ1) is 16.5. The van der Waals surface area contributed by atoms with E-state index in [-0.39, 0.29) is 42.0 Å². The Balaban J connectivity index is 1.40. The number of alkyl halides is 4. The van der Waals surface area contributed by atoms with Crippen molar-refractivity contribution in [2.24, 2.45) is 5.41 Å². The number of carbonyl (C=O) groups is 1. The van der Waals surface area contributed by atoms with Gasteiger partial charge in [-0.05, 0) is 68.6 Å². The molecule has 1 aromatic carbocycles. The molecule has 0 aliphatic heterocycles. The van der Waals surface area contributed by atoms with E-state index < -0.39 is 23.7 Å². The van der Waals surface area contributed by atoms with Crippen molar-refractivity contribution in [3.63, 3.8) is 0 Å². The van der Waals surface area contributed by atoms with E-state index in [0.717, 1.165) is 30.2 Å². The van der Waals surface area contributed by atoms with Crippen LogP contribution in [0.4, 0.5) is 23.2 Å². The highest BCUT2D eigenvalue weighted by Crippen LogP contribution is 2.63. The molecule has 0 spiro atoms. The zero-order valence-electron chi connectivity index (χ0n) is 19.1. The van der Waals surface area contributed by atoms with Gasteiger partial charge in [-0.25, -0.2) is 0 Å². The molecule has 5 nitrogen and oxygen atoms in total. The van der Waals surface area contributed by atoms with E-state index >= 15 is 0 Å². The quantitative estimate of drug-likeness (QED) is 0.273. The van der Waals surface area contributed by atoms with Crippen LogP contribution in [0.2, 0.25) is 0 Å². The van der Waals surface area contributed by atoms with Gasteiger partial charge in [0.15, 0.2) is 5.82 Å². The van der Waals surface area contributed by atoms with E-state index in [0.29, 0.717) is 24.5 Å². The standard InChI is InChI=1S/C25H26BrF4N3O2/c1-16(5-12-27)19(34)33(18-4-2-3-17(26)13-18)15-22-6-8-23(14-22,9-7-22)20-31-21(35-32-20)24(10-11-24)25(28,29)30/h2-4,13H,1,5-12,14-15H2. The van der Waals surface area contributed by atoms with Gasteiger partial charge in [0.2, 0.25) is 5.89 Å². The van der Waals surface area contributed by atoms with Gasteiger partial charge in [0.05, 0.1) is 6.67 Å². The zero-order chi connectivity index (χ0) is 25.1. The summed E-state index contributed by atoms with van der Waals surface area (Å²) in [5.74, 6) is -0.293. The minimum absolute atomic E-state index is 0.0262. The van der Waals surface area contributed by atoms with Crippen LogP contribution in [-0.4, -0.2) is 35.4 Å². The molecule has 5 rings (SSSR count). The first-order valence-electron chi connectivity index (χ1n) is 11.8. The number of nitrogens with zero attached hydrogens (tertiary/aromatic N) is 3. The fourth-order valence-corrected chi connectivity index (χ4v) is 6.28. The van der Waals surface area contributed by atoms with Crippen LogP contribution in [0, 0.1) is 5.41 Å². The average molecular weight is 556 g/mol. The van der Waals surface area contributed by atoms with E-state index in [9.17, 15) is 22.4 Å². The molecule has 0 radical (unpaired) electrons. The molecule has 10 heteroatoms. The highest BCUT2D eigenvalue weighted by atomic mass is 79.9. The molecular formula is C25H26BrF4N3O2. The Morgan fingerprint density at radius 3 is 2.49 bits per heavy atom. The summed E-state index contributed by atoms with van der Waals surface area (Å²) >= 11 is 3.45. The van der Waals surface area contributed by atoms with Crippen molar-refractivity contribution in [2.75, 3.05) is 18.1 Å². The molecule has 3 aliphatic rings. The Morgan fingerprint density at radius 2 is 1.89 bits per heavy atom. The van der Waals surface area contributed by atoms with Gasteiger partial charge < -0.3 is 9.42 Å². The van der Waals surface area contributed by atoms with Crippen LogP contribution in [0.15, 0.2) is 45.4 Å². The second-order valence-corrected chi connectivity index (χ2v) is 11.3. The summed E-state index contributed by atoms with van der Waals surface area (Å²) in [7, 11) is 0. The van der Waals surface area contributed by atoms with E-state index in [1.807, 2.05) is 24.3 Å². The van der Waals surface area contributed by atoms with Crippen LogP contribution in [0.5, 0.6) is 0 Å². The molecule has 35 heavy (non-hydrogen) atoms. The topological polar surface area (TPSA) is 59.2 Å². The SMILES string of the molecule is C=C(CCF)C(=O)N(CC12CCC(c3noc(C4(C(F)(F)F)CC4)n3)(CC1)C2)c1cccc(Br)c1. The van der Waals surface area contributed by atoms with Crippen molar-refractivity contribution < 1.29 is 26.9 Å². The molecular weight excluding hydrogens is 530 g/mol. The molecule has 3 aliphatic carbocycles. The first-order valence-corrected chi connectivity index (χ1v) is 12.6. The monoisotopic (exact) mass is 555 g/mol. The summed E-state index contributed by atoms with van der Waals surface area (Å²) in [4.78, 5) is 19.2. The summed E-state index contributed by atoms with van der Waals surface area (Å²) in [5, 5.41) is 4.03. The summed E-state index contributed by atoms with van der Waals surface area (Å²) < 4.78 is 59.6. The van der Waals surface area contributed by atoms with Gasteiger partial charge in [0.1, 0.15) is 5.41 Å². The highest BCUT2D eigenvalue weighted by molar-refractivity contribution is 9.10. The lowest BCUT2D eigenvalue weighted by Gasteiger charge is -2.34. The highest BCUT2D eigenvalue weighted by Gasteiger charge is 2.68. The number of rotatable bonds is 8. The number of hydrogen-bond acceptors (Lipinski definition) is 4. The average Bonchev–Trinajstić information content (AvgIpc) is 3.18. The minimum atomic E-state index is -4.41. The van der Waals surface area contributed by atoms with Crippen molar-refractivity contribution in [1.82, 2.24) is 10.1 Å². The molecule has 1 aromatic heterocycles. The molecule has 188 valence electrons. The van der Waals surface area contributed by atoms with Crippen molar-refractivity contribution in [1.29, 1.82) is 0 Å². The van der Waals surface area contributed by atoms with Gasteiger partial charge in [-0.1, -0.05) is 33.7 Å². The van der Waals surface area contributed by atoms with Gasteiger partial charge in [-0.15, -0.1) is 0 Å². The van der Waals surface area contributed by atoms with Crippen LogP contribution in [0.25, 0.3) is 0 Å². The normalized spacial score (nSPS) is 26.7. The fraction of sp³-hybridized carbons (Fsp3) is 0.560. The molecule has 1 amide bonds. The van der Waals surface area contributed by atoms with Gasteiger partial charge in [0, 0.05) is 34.1 Å². The Bertz CT molecular complexity index is 1150. The number of benzene rings is 1. The van der Waals surface area contributed by atoms with Crippen LogP contribution in [-0.2, 0) is 15.6 Å². The smallest absolute Gasteiger partial charge is 0.338 e. The van der Waals surface area contributed by atoms with Crippen molar-refractivity contribution in [2.45, 2.75) is 68.4 Å². The predicted molar refractivity (Wildman–Crippen MR) is 125 cm³/mol. The van der Waals surface area contributed by atoms with Crippen LogP contribution >= 0.6 is 15.9 Å². The summed E-state index contributed by atoms with van der Waals surface area (Å²) in [5.41, 5.74) is -1.80. The third-order valence-corrected chi connectivity index (χ3v) is 8.63. The summed E-state index contributed by atoms with van der Waals surface area (Å²) in [6.07, 6.45) is -0.825. The first kappa shape index (κ1) is 24.5. The van der Waals surface area contributed by atoms with Gasteiger partial charge in [-0.3, -0.25) is 9.18 Å². The molecule has 0 atom stereocenters. The third-order valence-electron chi connectivity index (χ3n) is 8.14. The maximum absolute atomic E-state index is 13.5. The number of carbonyl (C=O) groups excluding carboxylic acids is 1. The molecule has 0 saturated heterocycles. The molecule has 3 fully saturated rings. The Labute approximate surface area is 209 Å². The van der Waals surface area contributed by atoms with E-state index in [1.54, 1.807) is 4.90 Å². The maximum Gasteiger partial charge on any atom is 0.403 e. The number of fused-ring (bicyclic) bond motifs is 2. The molecule has 3 saturated carbocycles. The van der Waals surface area contributed by atoms with E-state index in [4.69, 9.17) is 4.52 Å². The zero-order valence-corrected chi connectivity index (χ0v) is 20.7. The van der Waals surface area contributed by atoms with E-state index in [1.165, 1.54) is 0 Å². The maximum atomic E-state index is 13.5. The number of aromatic nitrogens is 2. The number of anilines is 1. The summed E-state index contributed by atoms with van der Waals surface area (Å²) in [6.45, 7) is 3.54. The predicted octanol–water partition coefficient (Wildman–Crippen LogP) is 6.58. The van der Waals surface area contributed by atoms with Gasteiger partial charge >= 0.3 is 6.18 Å². The Hall–Kier alpha value is -2.23. The van der Waals surface area contributed by atoms with Crippen molar-refractivity contribution >= 4 is 27.5 Å². The summed E-state index contributed by atoms with van der Waals surface area (Å²) in [6, 6.07) is 7.36. The largest absolute Gasteiger partial charge is 0.403 e. The van der Waals surface area contributed by atoms with Gasteiger partial charge in [0.25, 0.3) is 5.91 Å². The van der Waals surface area contributed by atoms with E-state index in [2.05, 4.69) is 32.6 Å². The van der Waals surface area contributed by atoms with Crippen LogP contribution in [0.1, 0.15) is 63.1 Å². The number of hydrogen-bond donors (Lipinski definition) is 0. The molecule has 2 aromatic rings. The second-order valence-electron chi connectivity index (χ2n) is 10.4.